The van der Waals surface area contributed by atoms with Gasteiger partial charge in [-0.15, -0.1) is 5.10 Å². The van der Waals surface area contributed by atoms with Crippen LogP contribution in [0, 0.1) is 0 Å². The van der Waals surface area contributed by atoms with Gasteiger partial charge in [-0.1, -0.05) is 12.8 Å². The zero-order valence-corrected chi connectivity index (χ0v) is 12.3. The van der Waals surface area contributed by atoms with Gasteiger partial charge in [0.25, 0.3) is 0 Å². The van der Waals surface area contributed by atoms with Crippen molar-refractivity contribution in [1.82, 2.24) is 20.1 Å². The van der Waals surface area contributed by atoms with Crippen LogP contribution in [-0.4, -0.2) is 66.4 Å². The second kappa shape index (κ2) is 6.35. The first-order valence-corrected chi connectivity index (χ1v) is 7.71. The SMILES string of the molecule is CN1CCN(c2cnnc(N3CCCCCC3)n2)CC1. The molecule has 110 valence electrons. The van der Waals surface area contributed by atoms with Crippen molar-refractivity contribution in [3.05, 3.63) is 6.20 Å². The van der Waals surface area contributed by atoms with Gasteiger partial charge in [0, 0.05) is 39.3 Å². The number of hydrogen-bond donors (Lipinski definition) is 0. The smallest absolute Gasteiger partial charge is 0.247 e. The zero-order chi connectivity index (χ0) is 13.8. The molecular formula is C14H24N6. The molecule has 6 heteroatoms. The molecule has 2 aliphatic rings. The van der Waals surface area contributed by atoms with Gasteiger partial charge in [-0.2, -0.15) is 10.1 Å². The summed E-state index contributed by atoms with van der Waals surface area (Å²) in [5.74, 6) is 1.79. The monoisotopic (exact) mass is 276 g/mol. The fourth-order valence-electron chi connectivity index (χ4n) is 2.88. The molecule has 6 nitrogen and oxygen atoms in total. The topological polar surface area (TPSA) is 48.4 Å². The molecule has 20 heavy (non-hydrogen) atoms. The van der Waals surface area contributed by atoms with Crippen molar-refractivity contribution < 1.29 is 0 Å². The molecule has 2 aliphatic heterocycles. The highest BCUT2D eigenvalue weighted by Crippen LogP contribution is 2.18. The van der Waals surface area contributed by atoms with Gasteiger partial charge in [0.15, 0.2) is 5.82 Å². The molecule has 0 saturated carbocycles. The van der Waals surface area contributed by atoms with Crippen molar-refractivity contribution in [1.29, 1.82) is 0 Å². The van der Waals surface area contributed by atoms with Gasteiger partial charge in [0.2, 0.25) is 5.95 Å². The van der Waals surface area contributed by atoms with Crippen LogP contribution in [0.25, 0.3) is 0 Å². The Morgan fingerprint density at radius 3 is 2.25 bits per heavy atom. The lowest BCUT2D eigenvalue weighted by Gasteiger charge is -2.33. The van der Waals surface area contributed by atoms with E-state index in [2.05, 4.69) is 31.9 Å². The van der Waals surface area contributed by atoms with Crippen LogP contribution in [0.1, 0.15) is 25.7 Å². The van der Waals surface area contributed by atoms with E-state index in [1.54, 1.807) is 6.20 Å². The maximum absolute atomic E-state index is 4.75. The van der Waals surface area contributed by atoms with E-state index in [4.69, 9.17) is 4.98 Å². The molecule has 1 aromatic rings. The van der Waals surface area contributed by atoms with Gasteiger partial charge >= 0.3 is 0 Å². The normalized spacial score (nSPS) is 21.9. The predicted octanol–water partition coefficient (Wildman–Crippen LogP) is 1.00. The lowest BCUT2D eigenvalue weighted by molar-refractivity contribution is 0.312. The Morgan fingerprint density at radius 2 is 1.55 bits per heavy atom. The van der Waals surface area contributed by atoms with Crippen LogP contribution in [0.15, 0.2) is 6.20 Å². The third-order valence-corrected chi connectivity index (χ3v) is 4.25. The van der Waals surface area contributed by atoms with Gasteiger partial charge in [-0.3, -0.25) is 0 Å². The first-order chi connectivity index (χ1) is 9.83. The summed E-state index contributed by atoms with van der Waals surface area (Å²) in [4.78, 5) is 11.7. The molecular weight excluding hydrogens is 252 g/mol. The van der Waals surface area contributed by atoms with Crippen LogP contribution in [0.5, 0.6) is 0 Å². The molecule has 0 unspecified atom stereocenters. The minimum absolute atomic E-state index is 0.809. The van der Waals surface area contributed by atoms with Crippen LogP contribution < -0.4 is 9.80 Å². The van der Waals surface area contributed by atoms with Crippen LogP contribution in [-0.2, 0) is 0 Å². The maximum atomic E-state index is 4.75. The summed E-state index contributed by atoms with van der Waals surface area (Å²) in [7, 11) is 2.16. The van der Waals surface area contributed by atoms with E-state index < -0.39 is 0 Å². The van der Waals surface area contributed by atoms with Gasteiger partial charge in [0.1, 0.15) is 0 Å². The Morgan fingerprint density at radius 1 is 0.850 bits per heavy atom. The number of piperazine rings is 1. The van der Waals surface area contributed by atoms with Crippen LogP contribution in [0.3, 0.4) is 0 Å². The van der Waals surface area contributed by atoms with Crippen LogP contribution in [0.2, 0.25) is 0 Å². The van der Waals surface area contributed by atoms with E-state index in [0.29, 0.717) is 0 Å². The first kappa shape index (κ1) is 13.5. The standard InChI is InChI=1S/C14H24N6/c1-18-8-10-19(11-9-18)13-12-15-17-14(16-13)20-6-4-2-3-5-7-20/h12H,2-11H2,1H3. The number of hydrogen-bond acceptors (Lipinski definition) is 6. The van der Waals surface area contributed by atoms with Crippen LogP contribution >= 0.6 is 0 Å². The molecule has 0 radical (unpaired) electrons. The van der Waals surface area contributed by atoms with E-state index in [0.717, 1.165) is 51.0 Å². The fourth-order valence-corrected chi connectivity index (χ4v) is 2.88. The summed E-state index contributed by atoms with van der Waals surface area (Å²) in [6, 6.07) is 0. The van der Waals surface area contributed by atoms with Crippen molar-refractivity contribution in [2.75, 3.05) is 56.1 Å². The summed E-state index contributed by atoms with van der Waals surface area (Å²) < 4.78 is 0. The van der Waals surface area contributed by atoms with E-state index in [-0.39, 0.29) is 0 Å². The van der Waals surface area contributed by atoms with Crippen molar-refractivity contribution in [3.8, 4) is 0 Å². The average molecular weight is 276 g/mol. The minimum Gasteiger partial charge on any atom is -0.353 e. The quantitative estimate of drug-likeness (QED) is 0.803. The number of likely N-dealkylation sites (N-methyl/N-ethyl adjacent to an activating group) is 1. The first-order valence-electron chi connectivity index (χ1n) is 7.71. The van der Waals surface area contributed by atoms with Crippen molar-refractivity contribution in [2.45, 2.75) is 25.7 Å². The van der Waals surface area contributed by atoms with Crippen molar-refractivity contribution in [2.24, 2.45) is 0 Å². The van der Waals surface area contributed by atoms with E-state index >= 15 is 0 Å². The van der Waals surface area contributed by atoms with Crippen molar-refractivity contribution >= 4 is 11.8 Å². The van der Waals surface area contributed by atoms with Gasteiger partial charge < -0.3 is 14.7 Å². The van der Waals surface area contributed by atoms with Gasteiger partial charge in [-0.25, -0.2) is 0 Å². The number of rotatable bonds is 2. The van der Waals surface area contributed by atoms with E-state index in [9.17, 15) is 0 Å². The summed E-state index contributed by atoms with van der Waals surface area (Å²) in [6.07, 6.45) is 6.92. The Hall–Kier alpha value is -1.43. The molecule has 0 aromatic carbocycles. The predicted molar refractivity (Wildman–Crippen MR) is 80.2 cm³/mol. The third kappa shape index (κ3) is 3.17. The Bertz CT molecular complexity index is 421. The van der Waals surface area contributed by atoms with E-state index in [1.807, 2.05) is 0 Å². The number of aromatic nitrogens is 3. The number of anilines is 2. The average Bonchev–Trinajstić information content (AvgIpc) is 2.77. The lowest BCUT2D eigenvalue weighted by Crippen LogP contribution is -2.45. The Labute approximate surface area is 120 Å². The Kier molecular flexibility index (Phi) is 4.30. The maximum Gasteiger partial charge on any atom is 0.247 e. The van der Waals surface area contributed by atoms with Gasteiger partial charge in [-0.05, 0) is 19.9 Å². The molecule has 0 atom stereocenters. The highest BCUT2D eigenvalue weighted by atomic mass is 15.4. The highest BCUT2D eigenvalue weighted by molar-refractivity contribution is 5.42. The fraction of sp³-hybridized carbons (Fsp3) is 0.786. The molecule has 0 bridgehead atoms. The van der Waals surface area contributed by atoms with Crippen molar-refractivity contribution in [3.63, 3.8) is 0 Å². The van der Waals surface area contributed by atoms with E-state index in [1.165, 1.54) is 25.7 Å². The Balaban J connectivity index is 1.71. The van der Waals surface area contributed by atoms with Gasteiger partial charge in [0.05, 0.1) is 6.20 Å². The molecule has 0 amide bonds. The zero-order valence-electron chi connectivity index (χ0n) is 12.3. The molecule has 0 aliphatic carbocycles. The molecule has 2 fully saturated rings. The third-order valence-electron chi connectivity index (χ3n) is 4.25. The summed E-state index contributed by atoms with van der Waals surface area (Å²) in [6.45, 7) is 6.34. The minimum atomic E-state index is 0.809. The molecule has 0 N–H and O–H groups in total. The second-order valence-electron chi connectivity index (χ2n) is 5.81. The summed E-state index contributed by atoms with van der Waals surface area (Å²) in [5.41, 5.74) is 0. The summed E-state index contributed by atoms with van der Waals surface area (Å²) >= 11 is 0. The lowest BCUT2D eigenvalue weighted by atomic mass is 10.2. The number of nitrogens with zero attached hydrogens (tertiary/aromatic N) is 6. The molecule has 3 rings (SSSR count). The molecule has 0 spiro atoms. The summed E-state index contributed by atoms with van der Waals surface area (Å²) in [5, 5.41) is 8.42. The second-order valence-corrected chi connectivity index (χ2v) is 5.81. The molecule has 2 saturated heterocycles. The highest BCUT2D eigenvalue weighted by Gasteiger charge is 2.18. The largest absolute Gasteiger partial charge is 0.353 e. The molecule has 3 heterocycles. The van der Waals surface area contributed by atoms with Crippen LogP contribution in [0.4, 0.5) is 11.8 Å². The molecule has 1 aromatic heterocycles.